The van der Waals surface area contributed by atoms with Crippen molar-refractivity contribution in [2.24, 2.45) is 5.92 Å². The molecule has 146 valence electrons. The molecule has 1 aromatic carbocycles. The van der Waals surface area contributed by atoms with Crippen molar-refractivity contribution in [3.05, 3.63) is 41.5 Å². The number of aromatic amines is 1. The normalized spacial score (nSPS) is 32.6. The third-order valence-corrected chi connectivity index (χ3v) is 6.99. The Morgan fingerprint density at radius 1 is 1.18 bits per heavy atom. The molecule has 5 aliphatic rings. The number of carbonyl (C=O) groups is 1. The van der Waals surface area contributed by atoms with Crippen LogP contribution in [0.4, 0.5) is 0 Å². The van der Waals surface area contributed by atoms with Crippen LogP contribution in [0.2, 0.25) is 0 Å². The second-order valence-corrected chi connectivity index (χ2v) is 8.45. The summed E-state index contributed by atoms with van der Waals surface area (Å²) in [6.45, 7) is 5.20. The first kappa shape index (κ1) is 16.4. The number of hydrogen-bond acceptors (Lipinski definition) is 5. The minimum atomic E-state index is 0.0279. The lowest BCUT2D eigenvalue weighted by atomic mass is 9.75. The lowest BCUT2D eigenvalue weighted by Gasteiger charge is -2.51. The minimum Gasteiger partial charge on any atom is -0.454 e. The highest BCUT2D eigenvalue weighted by atomic mass is 16.7. The number of carbonyl (C=O) groups excluding carboxylic acids is 1. The molecule has 4 fully saturated rings. The van der Waals surface area contributed by atoms with E-state index < -0.39 is 0 Å². The molecule has 6 heterocycles. The van der Waals surface area contributed by atoms with Crippen molar-refractivity contribution in [3.63, 3.8) is 0 Å². The summed E-state index contributed by atoms with van der Waals surface area (Å²) in [5.74, 6) is 2.97. The van der Waals surface area contributed by atoms with E-state index in [2.05, 4.69) is 31.9 Å². The van der Waals surface area contributed by atoms with Crippen molar-refractivity contribution in [2.75, 3.05) is 26.4 Å². The topological polar surface area (TPSA) is 70.7 Å². The van der Waals surface area contributed by atoms with Crippen molar-refractivity contribution in [1.29, 1.82) is 0 Å². The van der Waals surface area contributed by atoms with E-state index >= 15 is 0 Å². The number of H-pyrrole nitrogens is 1. The molecule has 4 saturated heterocycles. The zero-order valence-corrected chi connectivity index (χ0v) is 15.9. The molecular formula is C21H24N4O3. The molecule has 2 aromatic rings. The molecule has 7 rings (SSSR count). The molecule has 3 atom stereocenters. The maximum Gasteiger partial charge on any atom is 0.289 e. The number of aromatic nitrogens is 2. The fourth-order valence-electron chi connectivity index (χ4n) is 5.75. The van der Waals surface area contributed by atoms with Gasteiger partial charge in [0.2, 0.25) is 6.79 Å². The van der Waals surface area contributed by atoms with Gasteiger partial charge in [-0.1, -0.05) is 6.07 Å². The summed E-state index contributed by atoms with van der Waals surface area (Å²) in [4.78, 5) is 25.5. The molecule has 1 N–H and O–H groups in total. The second kappa shape index (κ2) is 5.98. The molecule has 1 aromatic heterocycles. The first-order valence-corrected chi connectivity index (χ1v) is 10.2. The fraction of sp³-hybridized carbons (Fsp3) is 0.524. The smallest absolute Gasteiger partial charge is 0.289 e. The summed E-state index contributed by atoms with van der Waals surface area (Å²) in [6.07, 6.45) is 4.08. The average molecular weight is 380 g/mol. The summed E-state index contributed by atoms with van der Waals surface area (Å²) >= 11 is 0. The summed E-state index contributed by atoms with van der Waals surface area (Å²) in [5, 5.41) is 0. The molecular weight excluding hydrogens is 356 g/mol. The predicted octanol–water partition coefficient (Wildman–Crippen LogP) is 2.15. The Bertz CT molecular complexity index is 933. The monoisotopic (exact) mass is 380 g/mol. The SMILES string of the molecule is Cc1cnc(C(=O)N2C[C@H](c3ccc4c(c3)OCO4)[C@H]3[C@@H]2C2CCN3CC2)[nH]1. The lowest BCUT2D eigenvalue weighted by Crippen LogP contribution is -2.60. The molecule has 7 heteroatoms. The Labute approximate surface area is 163 Å². The van der Waals surface area contributed by atoms with Crippen molar-refractivity contribution in [1.82, 2.24) is 19.8 Å². The number of fused-ring (bicyclic) bond motifs is 3. The van der Waals surface area contributed by atoms with E-state index in [9.17, 15) is 4.79 Å². The van der Waals surface area contributed by atoms with Gasteiger partial charge < -0.3 is 19.4 Å². The maximum absolute atomic E-state index is 13.3. The summed E-state index contributed by atoms with van der Waals surface area (Å²) in [7, 11) is 0. The molecule has 7 nitrogen and oxygen atoms in total. The van der Waals surface area contributed by atoms with Gasteiger partial charge in [0, 0.05) is 30.4 Å². The number of amides is 1. The van der Waals surface area contributed by atoms with E-state index in [1.807, 2.05) is 13.0 Å². The van der Waals surface area contributed by atoms with Crippen molar-refractivity contribution in [2.45, 2.75) is 37.8 Å². The standard InChI is InChI=1S/C21H24N4O3/c1-12-9-22-20(23-12)21(26)25-10-15(14-2-3-16-17(8-14)28-11-27-16)19-18(25)13-4-6-24(19)7-5-13/h2-3,8-9,13,15,18-19H,4-7,10-11H2,1H3,(H,22,23)/t15-,18+,19+/m1/s1. The number of likely N-dealkylation sites (tertiary alicyclic amines) is 1. The number of nitrogens with zero attached hydrogens (tertiary/aromatic N) is 3. The van der Waals surface area contributed by atoms with Gasteiger partial charge in [-0.05, 0) is 56.5 Å². The van der Waals surface area contributed by atoms with Crippen LogP contribution in [0.15, 0.2) is 24.4 Å². The van der Waals surface area contributed by atoms with Gasteiger partial charge in [-0.2, -0.15) is 0 Å². The summed E-state index contributed by atoms with van der Waals surface area (Å²) in [6, 6.07) is 6.88. The number of aryl methyl sites for hydroxylation is 1. The summed E-state index contributed by atoms with van der Waals surface area (Å²) < 4.78 is 11.1. The van der Waals surface area contributed by atoms with Gasteiger partial charge in [0.15, 0.2) is 17.3 Å². The van der Waals surface area contributed by atoms with E-state index in [0.29, 0.717) is 17.8 Å². The van der Waals surface area contributed by atoms with Crippen molar-refractivity contribution >= 4 is 5.91 Å². The lowest BCUT2D eigenvalue weighted by molar-refractivity contribution is -0.00375. The van der Waals surface area contributed by atoms with Gasteiger partial charge >= 0.3 is 0 Å². The van der Waals surface area contributed by atoms with Crippen molar-refractivity contribution in [3.8, 4) is 11.5 Å². The average Bonchev–Trinajstić information content (AvgIpc) is 3.46. The highest BCUT2D eigenvalue weighted by Crippen LogP contribution is 2.48. The van der Waals surface area contributed by atoms with Gasteiger partial charge in [-0.25, -0.2) is 4.98 Å². The minimum absolute atomic E-state index is 0.0279. The predicted molar refractivity (Wildman–Crippen MR) is 102 cm³/mol. The third kappa shape index (κ3) is 2.32. The zero-order valence-electron chi connectivity index (χ0n) is 15.9. The number of imidazole rings is 1. The number of benzene rings is 1. The van der Waals surface area contributed by atoms with Crippen LogP contribution >= 0.6 is 0 Å². The molecule has 2 bridgehead atoms. The van der Waals surface area contributed by atoms with Gasteiger partial charge in [0.1, 0.15) is 0 Å². The van der Waals surface area contributed by atoms with Gasteiger partial charge in [0.05, 0.1) is 6.04 Å². The molecule has 5 aliphatic heterocycles. The Morgan fingerprint density at radius 2 is 2.00 bits per heavy atom. The highest BCUT2D eigenvalue weighted by Gasteiger charge is 2.55. The first-order valence-electron chi connectivity index (χ1n) is 10.2. The van der Waals surface area contributed by atoms with Gasteiger partial charge in [-0.3, -0.25) is 9.69 Å². The zero-order chi connectivity index (χ0) is 18.8. The number of piperidine rings is 3. The molecule has 28 heavy (non-hydrogen) atoms. The Balaban J connectivity index is 1.38. The molecule has 0 spiro atoms. The van der Waals surface area contributed by atoms with Gasteiger partial charge in [-0.15, -0.1) is 0 Å². The van der Waals surface area contributed by atoms with Gasteiger partial charge in [0.25, 0.3) is 5.91 Å². The molecule has 1 amide bonds. The van der Waals surface area contributed by atoms with Crippen LogP contribution in [0.5, 0.6) is 11.5 Å². The largest absolute Gasteiger partial charge is 0.454 e. The van der Waals surface area contributed by atoms with E-state index in [1.54, 1.807) is 6.20 Å². The van der Waals surface area contributed by atoms with E-state index in [4.69, 9.17) is 9.47 Å². The van der Waals surface area contributed by atoms with E-state index in [-0.39, 0.29) is 24.7 Å². The molecule has 0 saturated carbocycles. The van der Waals surface area contributed by atoms with Crippen LogP contribution in [-0.4, -0.2) is 64.2 Å². The number of ether oxygens (including phenoxy) is 2. The number of nitrogens with one attached hydrogen (secondary N) is 1. The van der Waals surface area contributed by atoms with Crippen LogP contribution in [-0.2, 0) is 0 Å². The first-order chi connectivity index (χ1) is 13.7. The third-order valence-electron chi connectivity index (χ3n) is 6.99. The quantitative estimate of drug-likeness (QED) is 0.865. The van der Waals surface area contributed by atoms with Crippen LogP contribution in [0, 0.1) is 12.8 Å². The Hall–Kier alpha value is -2.54. The number of hydrogen-bond donors (Lipinski definition) is 1. The van der Waals surface area contributed by atoms with E-state index in [1.165, 1.54) is 18.4 Å². The van der Waals surface area contributed by atoms with Crippen LogP contribution in [0.25, 0.3) is 0 Å². The van der Waals surface area contributed by atoms with Crippen LogP contribution in [0.1, 0.15) is 40.6 Å². The van der Waals surface area contributed by atoms with E-state index in [0.717, 1.165) is 36.8 Å². The molecule has 0 aliphatic carbocycles. The maximum atomic E-state index is 13.3. The van der Waals surface area contributed by atoms with Crippen LogP contribution < -0.4 is 9.47 Å². The Kier molecular flexibility index (Phi) is 3.50. The van der Waals surface area contributed by atoms with Crippen molar-refractivity contribution < 1.29 is 14.3 Å². The summed E-state index contributed by atoms with van der Waals surface area (Å²) in [5.41, 5.74) is 2.15. The molecule has 0 unspecified atom stereocenters. The second-order valence-electron chi connectivity index (χ2n) is 8.45. The fourth-order valence-corrected chi connectivity index (χ4v) is 5.75. The number of rotatable bonds is 2. The highest BCUT2D eigenvalue weighted by molar-refractivity contribution is 5.91. The Morgan fingerprint density at radius 3 is 2.79 bits per heavy atom. The van der Waals surface area contributed by atoms with Crippen LogP contribution in [0.3, 0.4) is 0 Å². The molecule has 0 radical (unpaired) electrons.